The molecule has 1 saturated heterocycles. The maximum atomic E-state index is 12.2. The summed E-state index contributed by atoms with van der Waals surface area (Å²) in [6, 6.07) is 0. The summed E-state index contributed by atoms with van der Waals surface area (Å²) in [5, 5.41) is 0. The summed E-state index contributed by atoms with van der Waals surface area (Å²) in [4.78, 5) is 23.7. The summed E-state index contributed by atoms with van der Waals surface area (Å²) >= 11 is 0. The summed E-state index contributed by atoms with van der Waals surface area (Å²) < 4.78 is 23.8. The molecule has 0 unspecified atom stereocenters. The third-order valence-corrected chi connectivity index (χ3v) is 9.29. The van der Waals surface area contributed by atoms with E-state index in [2.05, 4.69) is 32.1 Å². The van der Waals surface area contributed by atoms with Crippen LogP contribution < -0.4 is 0 Å². The summed E-state index contributed by atoms with van der Waals surface area (Å²) in [6.07, 6.45) is 10.9. The largest absolute Gasteiger partial charge is 0.462 e. The van der Waals surface area contributed by atoms with Gasteiger partial charge >= 0.3 is 11.9 Å². The van der Waals surface area contributed by atoms with Crippen molar-refractivity contribution in [3.05, 3.63) is 35.1 Å². The van der Waals surface area contributed by atoms with Crippen LogP contribution in [0.4, 0.5) is 0 Å². The van der Waals surface area contributed by atoms with Crippen molar-refractivity contribution >= 4 is 11.9 Å². The average molecular weight is 457 g/mol. The topological polar surface area (TPSA) is 71.1 Å². The van der Waals surface area contributed by atoms with Crippen LogP contribution in [-0.2, 0) is 28.5 Å². The van der Waals surface area contributed by atoms with Crippen molar-refractivity contribution in [2.75, 3.05) is 13.2 Å². The number of fused-ring (bicyclic) bond motifs is 5. The Morgan fingerprint density at radius 1 is 1.03 bits per heavy atom. The lowest BCUT2D eigenvalue weighted by Gasteiger charge is -2.58. The molecule has 0 aromatic carbocycles. The predicted octanol–water partition coefficient (Wildman–Crippen LogP) is 4.85. The molecule has 1 aliphatic heterocycles. The van der Waals surface area contributed by atoms with Gasteiger partial charge in [0.05, 0.1) is 13.2 Å². The fraction of sp³-hybridized carbons (Fsp3) is 0.704. The Kier molecular flexibility index (Phi) is 5.41. The standard InChI is InChI=1S/C27H36O6/c1-16(28)32-19-10-11-25(3)18(14-19)6-7-20-21-8-9-23(27(5)30-12-13-31-27)26(21,4)24(15-22(20)25)33-17(2)29/h6,8,14,20,22-24H,7,9-13,15H2,1-5H3/t20-,22-,23-,24+,25-,26-/m0/s1. The van der Waals surface area contributed by atoms with E-state index in [1.807, 2.05) is 6.92 Å². The molecule has 5 aliphatic rings. The number of hydrogen-bond donors (Lipinski definition) is 0. The molecule has 0 aromatic heterocycles. The first-order valence-corrected chi connectivity index (χ1v) is 12.3. The van der Waals surface area contributed by atoms with Gasteiger partial charge in [-0.05, 0) is 61.5 Å². The molecule has 0 spiro atoms. The Balaban J connectivity index is 1.53. The number of carbonyl (C=O) groups excluding carboxylic acids is 2. The van der Waals surface area contributed by atoms with E-state index >= 15 is 0 Å². The number of carbonyl (C=O) groups is 2. The molecule has 0 bridgehead atoms. The minimum atomic E-state index is -0.662. The SMILES string of the molecule is CC(=O)OC1=CC2=CC[C@H]3C4=CC[C@H](C5(C)OCCO5)[C@@]4(C)[C@H](OC(C)=O)C[C@@H]3[C@@]2(C)CC1. The van der Waals surface area contributed by atoms with Crippen molar-refractivity contribution in [2.45, 2.75) is 78.6 Å². The van der Waals surface area contributed by atoms with Crippen LogP contribution in [-0.4, -0.2) is 37.0 Å². The number of rotatable bonds is 3. The first kappa shape index (κ1) is 22.9. The van der Waals surface area contributed by atoms with E-state index < -0.39 is 5.79 Å². The van der Waals surface area contributed by atoms with Crippen LogP contribution >= 0.6 is 0 Å². The first-order valence-electron chi connectivity index (χ1n) is 12.3. The fourth-order valence-electron chi connectivity index (χ4n) is 7.73. The predicted molar refractivity (Wildman–Crippen MR) is 122 cm³/mol. The van der Waals surface area contributed by atoms with Crippen molar-refractivity contribution in [2.24, 2.45) is 28.6 Å². The van der Waals surface area contributed by atoms with Gasteiger partial charge in [0.15, 0.2) is 5.79 Å². The number of esters is 2. The molecule has 1 saturated carbocycles. The number of hydrogen-bond acceptors (Lipinski definition) is 6. The van der Waals surface area contributed by atoms with Crippen molar-refractivity contribution in [3.8, 4) is 0 Å². The maximum absolute atomic E-state index is 12.2. The smallest absolute Gasteiger partial charge is 0.307 e. The van der Waals surface area contributed by atoms with Gasteiger partial charge in [0.25, 0.3) is 0 Å². The second-order valence-corrected chi connectivity index (χ2v) is 11.0. The van der Waals surface area contributed by atoms with Crippen LogP contribution in [0.2, 0.25) is 0 Å². The zero-order valence-electron chi connectivity index (χ0n) is 20.4. The molecule has 5 rings (SSSR count). The highest BCUT2D eigenvalue weighted by Crippen LogP contribution is 2.66. The second-order valence-electron chi connectivity index (χ2n) is 11.0. The lowest BCUT2D eigenvalue weighted by atomic mass is 9.48. The van der Waals surface area contributed by atoms with Crippen LogP contribution in [0.5, 0.6) is 0 Å². The molecule has 0 radical (unpaired) electrons. The van der Waals surface area contributed by atoms with Gasteiger partial charge < -0.3 is 18.9 Å². The monoisotopic (exact) mass is 456 g/mol. The van der Waals surface area contributed by atoms with Crippen molar-refractivity contribution in [1.82, 2.24) is 0 Å². The van der Waals surface area contributed by atoms with Crippen LogP contribution in [0.1, 0.15) is 66.7 Å². The zero-order valence-corrected chi connectivity index (χ0v) is 20.4. The minimum Gasteiger partial charge on any atom is -0.462 e. The molecule has 0 amide bonds. The van der Waals surface area contributed by atoms with Crippen LogP contribution in [0.3, 0.4) is 0 Å². The van der Waals surface area contributed by atoms with E-state index in [1.165, 1.54) is 25.0 Å². The lowest BCUT2D eigenvalue weighted by molar-refractivity contribution is -0.222. The quantitative estimate of drug-likeness (QED) is 0.447. The second kappa shape index (κ2) is 7.81. The minimum absolute atomic E-state index is 0.0461. The number of ether oxygens (including phenoxy) is 4. The Hall–Kier alpha value is -1.92. The van der Waals surface area contributed by atoms with Crippen LogP contribution in [0, 0.1) is 28.6 Å². The lowest BCUT2D eigenvalue weighted by Crippen LogP contribution is -2.57. The van der Waals surface area contributed by atoms with Crippen molar-refractivity contribution < 1.29 is 28.5 Å². The van der Waals surface area contributed by atoms with Crippen LogP contribution in [0.25, 0.3) is 0 Å². The van der Waals surface area contributed by atoms with E-state index in [1.54, 1.807) is 0 Å². The van der Waals surface area contributed by atoms with E-state index in [9.17, 15) is 9.59 Å². The molecule has 6 atom stereocenters. The maximum Gasteiger partial charge on any atom is 0.307 e. The summed E-state index contributed by atoms with van der Waals surface area (Å²) in [6.45, 7) is 10.8. The van der Waals surface area contributed by atoms with Gasteiger partial charge in [0, 0.05) is 31.6 Å². The van der Waals surface area contributed by atoms with Gasteiger partial charge in [-0.1, -0.05) is 31.6 Å². The Bertz CT molecular complexity index is 954. The van der Waals surface area contributed by atoms with Gasteiger partial charge in [0.2, 0.25) is 0 Å². The van der Waals surface area contributed by atoms with E-state index in [-0.39, 0.29) is 34.8 Å². The first-order chi connectivity index (χ1) is 15.6. The van der Waals surface area contributed by atoms with Gasteiger partial charge in [-0.3, -0.25) is 9.59 Å². The molecule has 180 valence electrons. The molecule has 33 heavy (non-hydrogen) atoms. The summed E-state index contributed by atoms with van der Waals surface area (Å²) in [5.41, 5.74) is 2.29. The van der Waals surface area contributed by atoms with Gasteiger partial charge in [-0.15, -0.1) is 0 Å². The molecule has 0 N–H and O–H groups in total. The molecule has 0 aromatic rings. The molecular weight excluding hydrogens is 420 g/mol. The molecular formula is C27H36O6. The highest BCUT2D eigenvalue weighted by Gasteiger charge is 2.64. The van der Waals surface area contributed by atoms with Crippen molar-refractivity contribution in [1.29, 1.82) is 0 Å². The van der Waals surface area contributed by atoms with E-state index in [0.29, 0.717) is 25.0 Å². The molecule has 1 heterocycles. The van der Waals surface area contributed by atoms with Gasteiger partial charge in [-0.25, -0.2) is 0 Å². The summed E-state index contributed by atoms with van der Waals surface area (Å²) in [5.74, 6) is 0.445. The molecule has 6 heteroatoms. The van der Waals surface area contributed by atoms with Gasteiger partial charge in [0.1, 0.15) is 11.9 Å². The average Bonchev–Trinajstić information content (AvgIpc) is 3.33. The Morgan fingerprint density at radius 2 is 1.76 bits per heavy atom. The van der Waals surface area contributed by atoms with Crippen molar-refractivity contribution in [3.63, 3.8) is 0 Å². The molecule has 6 nitrogen and oxygen atoms in total. The normalized spacial score (nSPS) is 41.1. The third-order valence-electron chi connectivity index (χ3n) is 9.29. The zero-order chi connectivity index (χ0) is 23.6. The molecule has 4 aliphatic carbocycles. The van der Waals surface area contributed by atoms with Gasteiger partial charge in [-0.2, -0.15) is 0 Å². The Morgan fingerprint density at radius 3 is 2.42 bits per heavy atom. The fourth-order valence-corrected chi connectivity index (χ4v) is 7.73. The summed E-state index contributed by atoms with van der Waals surface area (Å²) in [7, 11) is 0. The van der Waals surface area contributed by atoms with E-state index in [0.717, 1.165) is 37.9 Å². The van der Waals surface area contributed by atoms with E-state index in [4.69, 9.17) is 18.9 Å². The third kappa shape index (κ3) is 3.44. The molecule has 2 fully saturated rings. The number of allylic oxidation sites excluding steroid dienone is 5. The highest BCUT2D eigenvalue weighted by molar-refractivity contribution is 5.67. The highest BCUT2D eigenvalue weighted by atomic mass is 16.7. The Labute approximate surface area is 196 Å². The van der Waals surface area contributed by atoms with Crippen LogP contribution in [0.15, 0.2) is 35.1 Å².